The zero-order chi connectivity index (χ0) is 25.6. The molecule has 0 aromatic carbocycles. The number of Topliss-reactive ketones (excluding diaryl/α,β-unsaturated/α-hetero) is 1. The maximum atomic E-state index is 13.7. The number of hydrogen-bond donors (Lipinski definition) is 1. The molecule has 2 aliphatic heterocycles. The van der Waals surface area contributed by atoms with Crippen molar-refractivity contribution in [2.24, 2.45) is 29.6 Å². The molecule has 1 fully saturated rings. The Balaban J connectivity index is 2.13. The lowest BCUT2D eigenvalue weighted by Crippen LogP contribution is -2.47. The molecule has 8 nitrogen and oxygen atoms in total. The summed E-state index contributed by atoms with van der Waals surface area (Å²) in [6.07, 6.45) is 2.64. The lowest BCUT2D eigenvalue weighted by molar-refractivity contribution is -0.202. The third-order valence-electron chi connectivity index (χ3n) is 7.81. The molecule has 0 amide bonds. The van der Waals surface area contributed by atoms with Crippen LogP contribution in [0, 0.1) is 29.6 Å². The Bertz CT molecular complexity index is 914. The lowest BCUT2D eigenvalue weighted by atomic mass is 9.71. The molecule has 2 heterocycles. The molecule has 1 N–H and O–H groups in total. The van der Waals surface area contributed by atoms with E-state index >= 15 is 0 Å². The first-order valence-electron chi connectivity index (χ1n) is 12.0. The van der Waals surface area contributed by atoms with Gasteiger partial charge in [0.25, 0.3) is 0 Å². The fourth-order valence-corrected chi connectivity index (χ4v) is 5.89. The van der Waals surface area contributed by atoms with Crippen LogP contribution in [0.15, 0.2) is 23.0 Å². The van der Waals surface area contributed by atoms with E-state index in [-0.39, 0.29) is 23.4 Å². The Morgan fingerprint density at radius 1 is 1.24 bits per heavy atom. The van der Waals surface area contributed by atoms with Gasteiger partial charge in [0.1, 0.15) is 17.3 Å². The summed E-state index contributed by atoms with van der Waals surface area (Å²) >= 11 is 0. The van der Waals surface area contributed by atoms with Gasteiger partial charge < -0.3 is 24.1 Å². The Hall–Kier alpha value is -2.19. The summed E-state index contributed by atoms with van der Waals surface area (Å²) in [6.45, 7) is 11.0. The minimum atomic E-state index is -1.84. The Morgan fingerprint density at radius 3 is 2.44 bits per heavy atom. The van der Waals surface area contributed by atoms with Crippen LogP contribution in [0.1, 0.15) is 60.8 Å². The molecule has 0 radical (unpaired) electrons. The first kappa shape index (κ1) is 26.4. The second-order valence-electron chi connectivity index (χ2n) is 10.5. The van der Waals surface area contributed by atoms with E-state index in [0.29, 0.717) is 19.3 Å². The molecule has 0 bridgehead atoms. The number of hydrogen-bond acceptors (Lipinski definition) is 8. The smallest absolute Gasteiger partial charge is 0.374 e. The van der Waals surface area contributed by atoms with Crippen molar-refractivity contribution in [2.75, 3.05) is 14.2 Å². The number of carbonyl (C=O) groups is 3. The van der Waals surface area contributed by atoms with Gasteiger partial charge in [0.2, 0.25) is 5.76 Å². The van der Waals surface area contributed by atoms with Gasteiger partial charge >= 0.3 is 11.9 Å². The van der Waals surface area contributed by atoms with Crippen molar-refractivity contribution >= 4 is 17.7 Å². The summed E-state index contributed by atoms with van der Waals surface area (Å²) < 4.78 is 22.3. The fraction of sp³-hybridized carbons (Fsp3) is 0.731. The molecule has 7 unspecified atom stereocenters. The number of aliphatic hydroxyl groups is 1. The zero-order valence-corrected chi connectivity index (χ0v) is 21.5. The third kappa shape index (κ3) is 4.42. The van der Waals surface area contributed by atoms with Gasteiger partial charge in [-0.05, 0) is 57.1 Å². The van der Waals surface area contributed by atoms with Crippen LogP contribution in [0.2, 0.25) is 0 Å². The summed E-state index contributed by atoms with van der Waals surface area (Å²) in [4.78, 5) is 39.1. The quantitative estimate of drug-likeness (QED) is 0.486. The Kier molecular flexibility index (Phi) is 7.35. The lowest BCUT2D eigenvalue weighted by Gasteiger charge is -2.43. The topological polar surface area (TPSA) is 108 Å². The highest BCUT2D eigenvalue weighted by Gasteiger charge is 2.59. The number of carbonyl (C=O) groups excluding carboxylic acids is 3. The van der Waals surface area contributed by atoms with Crippen molar-refractivity contribution in [3.05, 3.63) is 23.0 Å². The monoisotopic (exact) mass is 478 g/mol. The van der Waals surface area contributed by atoms with Gasteiger partial charge in [-0.15, -0.1) is 0 Å². The van der Waals surface area contributed by atoms with E-state index in [1.807, 2.05) is 33.8 Å². The molecule has 1 aliphatic carbocycles. The van der Waals surface area contributed by atoms with Gasteiger partial charge in [-0.1, -0.05) is 26.8 Å². The molecule has 3 aliphatic rings. The summed E-state index contributed by atoms with van der Waals surface area (Å²) in [5.41, 5.74) is 0.810. The molecule has 0 aromatic heterocycles. The van der Waals surface area contributed by atoms with E-state index in [9.17, 15) is 19.5 Å². The van der Waals surface area contributed by atoms with E-state index in [4.69, 9.17) is 18.9 Å². The largest absolute Gasteiger partial charge is 0.490 e. The zero-order valence-electron chi connectivity index (χ0n) is 21.5. The summed E-state index contributed by atoms with van der Waals surface area (Å²) in [6, 6.07) is 0. The van der Waals surface area contributed by atoms with Crippen LogP contribution in [0.5, 0.6) is 0 Å². The average Bonchev–Trinajstić information content (AvgIpc) is 3.05. The number of fused-ring (bicyclic) bond motifs is 2. The molecule has 34 heavy (non-hydrogen) atoms. The summed E-state index contributed by atoms with van der Waals surface area (Å²) in [5, 5.41) is 10.9. The van der Waals surface area contributed by atoms with Gasteiger partial charge in [0.05, 0.1) is 26.2 Å². The first-order chi connectivity index (χ1) is 15.8. The van der Waals surface area contributed by atoms with E-state index in [2.05, 4.69) is 0 Å². The van der Waals surface area contributed by atoms with Gasteiger partial charge in [-0.25, -0.2) is 4.79 Å². The van der Waals surface area contributed by atoms with Gasteiger partial charge in [0.15, 0.2) is 5.79 Å². The molecular formula is C26H38O8. The van der Waals surface area contributed by atoms with Gasteiger partial charge in [-0.3, -0.25) is 9.59 Å². The number of rotatable bonds is 3. The van der Waals surface area contributed by atoms with Crippen molar-refractivity contribution in [2.45, 2.75) is 78.3 Å². The molecule has 0 spiro atoms. The molecule has 8 heteroatoms. The highest BCUT2D eigenvalue weighted by atomic mass is 16.6. The number of esters is 2. The van der Waals surface area contributed by atoms with Crippen molar-refractivity contribution in [1.82, 2.24) is 0 Å². The predicted molar refractivity (Wildman–Crippen MR) is 123 cm³/mol. The van der Waals surface area contributed by atoms with Crippen LogP contribution in [-0.4, -0.2) is 54.5 Å². The minimum Gasteiger partial charge on any atom is -0.490 e. The molecule has 3 rings (SSSR count). The van der Waals surface area contributed by atoms with Crippen LogP contribution < -0.4 is 0 Å². The fourth-order valence-electron chi connectivity index (χ4n) is 5.89. The average molecular weight is 479 g/mol. The highest BCUT2D eigenvalue weighted by Crippen LogP contribution is 2.48. The number of ketones is 1. The van der Waals surface area contributed by atoms with Gasteiger partial charge in [0, 0.05) is 11.8 Å². The predicted octanol–water partition coefficient (Wildman–Crippen LogP) is 3.32. The molecule has 1 saturated heterocycles. The van der Waals surface area contributed by atoms with Crippen LogP contribution in [0.3, 0.4) is 0 Å². The summed E-state index contributed by atoms with van der Waals surface area (Å²) in [5.74, 6) is -5.50. The third-order valence-corrected chi connectivity index (χ3v) is 7.81. The van der Waals surface area contributed by atoms with Crippen LogP contribution in [0.4, 0.5) is 0 Å². The first-order valence-corrected chi connectivity index (χ1v) is 12.0. The second-order valence-corrected chi connectivity index (χ2v) is 10.5. The Labute approximate surface area is 201 Å². The Morgan fingerprint density at radius 2 is 1.88 bits per heavy atom. The van der Waals surface area contributed by atoms with Crippen molar-refractivity contribution in [3.63, 3.8) is 0 Å². The molecule has 0 aromatic rings. The van der Waals surface area contributed by atoms with E-state index in [1.165, 1.54) is 21.1 Å². The molecule has 7 atom stereocenters. The van der Waals surface area contributed by atoms with E-state index in [1.54, 1.807) is 6.92 Å². The molecule has 0 saturated carbocycles. The number of allylic oxidation sites excluding steroid dienone is 1. The molecular weight excluding hydrogens is 440 g/mol. The van der Waals surface area contributed by atoms with Crippen molar-refractivity contribution in [3.8, 4) is 0 Å². The maximum Gasteiger partial charge on any atom is 0.374 e. The standard InChI is InChI=1S/C26H38O8/c1-13(2)17-16-10-9-15(4)21-18(19(23(28)32-8)26(6,30)33-21)20(27)14(3)11-12-25(16,5)34-24(29)22(17)31-7/h9,13-14,16,18-19,21,30H,10-12H2,1-8H3. The van der Waals surface area contributed by atoms with Crippen molar-refractivity contribution < 1.29 is 38.4 Å². The summed E-state index contributed by atoms with van der Waals surface area (Å²) in [7, 11) is 2.71. The number of methoxy groups -OCH3 is 2. The highest BCUT2D eigenvalue weighted by molar-refractivity contribution is 5.90. The van der Waals surface area contributed by atoms with Gasteiger partial charge in [-0.2, -0.15) is 0 Å². The minimum absolute atomic E-state index is 0.0462. The van der Waals surface area contributed by atoms with Crippen LogP contribution in [0.25, 0.3) is 0 Å². The number of ether oxygens (including phenoxy) is 4. The van der Waals surface area contributed by atoms with Crippen LogP contribution >= 0.6 is 0 Å². The molecule has 190 valence electrons. The van der Waals surface area contributed by atoms with E-state index < -0.39 is 47.2 Å². The normalized spacial score (nSPS) is 39.0. The second kappa shape index (κ2) is 9.46. The maximum absolute atomic E-state index is 13.7. The van der Waals surface area contributed by atoms with E-state index in [0.717, 1.165) is 11.1 Å². The van der Waals surface area contributed by atoms with Crippen molar-refractivity contribution in [1.29, 1.82) is 0 Å². The SMILES string of the molecule is COC(=O)C1C2C(=O)C(C)CCC3(C)OC(=O)C(OC)=C(C(C)C)C3CC=C(C)C2OC1(C)O. The van der Waals surface area contributed by atoms with Crippen LogP contribution in [-0.2, 0) is 33.3 Å².